The average molecular weight is 314 g/mol. The predicted molar refractivity (Wildman–Crippen MR) is 70.9 cm³/mol. The molecule has 0 saturated heterocycles. The third-order valence-corrected chi connectivity index (χ3v) is 2.52. The van der Waals surface area contributed by atoms with Crippen LogP contribution in [0.15, 0.2) is 11.0 Å². The van der Waals surface area contributed by atoms with E-state index in [1.54, 1.807) is 5.32 Å². The Hall–Kier alpha value is -3.16. The first-order chi connectivity index (χ1) is 10.2. The van der Waals surface area contributed by atoms with Crippen LogP contribution in [-0.2, 0) is 4.79 Å². The van der Waals surface area contributed by atoms with Crippen molar-refractivity contribution in [2.24, 2.45) is 0 Å². The van der Waals surface area contributed by atoms with Crippen LogP contribution in [0.4, 0.5) is 19.1 Å². The van der Waals surface area contributed by atoms with E-state index < -0.39 is 24.2 Å². The molecule has 0 bridgehead atoms. The summed E-state index contributed by atoms with van der Waals surface area (Å²) in [6.07, 6.45) is -3.71. The highest BCUT2D eigenvalue weighted by Gasteiger charge is 2.38. The molecule has 116 valence electrons. The second kappa shape index (κ2) is 5.32. The largest absolute Gasteiger partial charge is 0.471 e. The number of carbonyl (C=O) groups is 1. The topological polar surface area (TPSA) is 132 Å². The second-order valence-corrected chi connectivity index (χ2v) is 4.08. The molecule has 0 aliphatic heterocycles. The lowest BCUT2D eigenvalue weighted by atomic mass is 10.2. The molecule has 2 rings (SSSR count). The first-order valence-corrected chi connectivity index (χ1v) is 5.70. The van der Waals surface area contributed by atoms with Crippen LogP contribution >= 0.6 is 0 Å². The van der Waals surface area contributed by atoms with Gasteiger partial charge in [-0.2, -0.15) is 18.2 Å². The summed E-state index contributed by atoms with van der Waals surface area (Å²) in [5, 5.41) is 1.62. The summed E-state index contributed by atoms with van der Waals surface area (Å²) in [7, 11) is 0. The summed E-state index contributed by atoms with van der Waals surface area (Å²) in [6, 6.07) is 0. The fraction of sp³-hybridized carbons (Fsp3) is 0.182. The Morgan fingerprint density at radius 3 is 2.82 bits per heavy atom. The van der Waals surface area contributed by atoms with Gasteiger partial charge in [0.25, 0.3) is 5.56 Å². The van der Waals surface area contributed by atoms with E-state index in [4.69, 9.17) is 11.6 Å². The van der Waals surface area contributed by atoms with Crippen molar-refractivity contribution in [3.05, 3.63) is 22.1 Å². The Morgan fingerprint density at radius 1 is 1.50 bits per heavy atom. The van der Waals surface area contributed by atoms with Gasteiger partial charge in [0, 0.05) is 6.20 Å². The van der Waals surface area contributed by atoms with Crippen LogP contribution in [0.25, 0.3) is 11.0 Å². The summed E-state index contributed by atoms with van der Waals surface area (Å²) < 4.78 is 36.9. The minimum atomic E-state index is -4.98. The maximum absolute atomic E-state index is 12.0. The van der Waals surface area contributed by atoms with Crippen LogP contribution in [0.2, 0.25) is 0 Å². The van der Waals surface area contributed by atoms with E-state index in [0.29, 0.717) is 0 Å². The number of halogens is 3. The van der Waals surface area contributed by atoms with Crippen LogP contribution < -0.4 is 22.5 Å². The molecule has 0 spiro atoms. The van der Waals surface area contributed by atoms with Gasteiger partial charge in [0.05, 0.1) is 12.1 Å². The summed E-state index contributed by atoms with van der Waals surface area (Å²) in [4.78, 5) is 28.4. The van der Waals surface area contributed by atoms with Gasteiger partial charge >= 0.3 is 12.1 Å². The van der Waals surface area contributed by atoms with Gasteiger partial charge in [-0.15, -0.1) is 0 Å². The molecule has 22 heavy (non-hydrogen) atoms. The van der Waals surface area contributed by atoms with E-state index in [2.05, 4.69) is 21.8 Å². The van der Waals surface area contributed by atoms with Gasteiger partial charge in [0.15, 0.2) is 5.65 Å². The smallest absolute Gasteiger partial charge is 0.369 e. The van der Waals surface area contributed by atoms with Crippen molar-refractivity contribution in [2.75, 3.05) is 18.1 Å². The zero-order valence-electron chi connectivity index (χ0n) is 10.8. The highest BCUT2D eigenvalue weighted by atomic mass is 19.4. The SMILES string of the molecule is Nc1nc2c(c(C#CCNC(=O)C(F)(F)F)cn2N)c(=O)[nH]1. The first-order valence-electron chi connectivity index (χ1n) is 5.70. The van der Waals surface area contributed by atoms with Gasteiger partial charge in [-0.25, -0.2) is 0 Å². The van der Waals surface area contributed by atoms with Crippen molar-refractivity contribution >= 4 is 22.9 Å². The molecule has 8 nitrogen and oxygen atoms in total. The lowest BCUT2D eigenvalue weighted by molar-refractivity contribution is -0.173. The van der Waals surface area contributed by atoms with E-state index >= 15 is 0 Å². The molecule has 0 aromatic carbocycles. The summed E-state index contributed by atoms with van der Waals surface area (Å²) in [5.74, 6) is 8.07. The molecular weight excluding hydrogens is 305 g/mol. The molecule has 0 aliphatic rings. The normalized spacial score (nSPS) is 11.0. The van der Waals surface area contributed by atoms with Crippen molar-refractivity contribution in [3.63, 3.8) is 0 Å². The van der Waals surface area contributed by atoms with Crippen molar-refractivity contribution in [2.45, 2.75) is 6.18 Å². The molecule has 1 amide bonds. The molecular formula is C11H9F3N6O2. The number of alkyl halides is 3. The zero-order valence-corrected chi connectivity index (χ0v) is 10.8. The number of amides is 1. The average Bonchev–Trinajstić information content (AvgIpc) is 2.70. The quantitative estimate of drug-likeness (QED) is 0.398. The van der Waals surface area contributed by atoms with Gasteiger partial charge < -0.3 is 16.9 Å². The Balaban J connectivity index is 2.26. The fourth-order valence-electron chi connectivity index (χ4n) is 1.63. The molecule has 0 saturated carbocycles. The lowest BCUT2D eigenvalue weighted by Crippen LogP contribution is -2.36. The highest BCUT2D eigenvalue weighted by Crippen LogP contribution is 2.14. The molecule has 0 unspecified atom stereocenters. The third kappa shape index (κ3) is 2.95. The van der Waals surface area contributed by atoms with Crippen molar-refractivity contribution < 1.29 is 18.0 Å². The maximum atomic E-state index is 12.0. The zero-order chi connectivity index (χ0) is 16.5. The van der Waals surface area contributed by atoms with Crippen LogP contribution in [0.5, 0.6) is 0 Å². The standard InChI is InChI=1S/C11H9F3N6O2/c12-11(13,14)9(22)17-3-1-2-5-4-20(16)7-6(5)8(21)19-10(15)18-7/h4H,3,16H2,(H,17,22)(H3,15,18,19,21). The first kappa shape index (κ1) is 15.2. The van der Waals surface area contributed by atoms with E-state index in [9.17, 15) is 22.8 Å². The molecule has 0 atom stereocenters. The number of aromatic nitrogens is 3. The van der Waals surface area contributed by atoms with Crippen molar-refractivity contribution in [1.82, 2.24) is 20.0 Å². The number of rotatable bonds is 1. The number of nitrogens with two attached hydrogens (primary N) is 2. The van der Waals surface area contributed by atoms with Gasteiger partial charge in [0.1, 0.15) is 5.39 Å². The van der Waals surface area contributed by atoms with Gasteiger partial charge in [-0.3, -0.25) is 19.2 Å². The van der Waals surface area contributed by atoms with Gasteiger partial charge in [-0.1, -0.05) is 11.8 Å². The summed E-state index contributed by atoms with van der Waals surface area (Å²) in [5.41, 5.74) is 5.01. The number of H-pyrrole nitrogens is 1. The Morgan fingerprint density at radius 2 is 2.18 bits per heavy atom. The van der Waals surface area contributed by atoms with Crippen LogP contribution in [0.1, 0.15) is 5.56 Å². The predicted octanol–water partition coefficient (Wildman–Crippen LogP) is -0.949. The molecule has 2 aromatic heterocycles. The van der Waals surface area contributed by atoms with Crippen LogP contribution in [0, 0.1) is 11.8 Å². The number of hydrogen-bond acceptors (Lipinski definition) is 5. The van der Waals surface area contributed by atoms with Crippen molar-refractivity contribution in [1.29, 1.82) is 0 Å². The molecule has 6 N–H and O–H groups in total. The van der Waals surface area contributed by atoms with Crippen LogP contribution in [-0.4, -0.2) is 33.3 Å². The summed E-state index contributed by atoms with van der Waals surface area (Å²) >= 11 is 0. The van der Waals surface area contributed by atoms with E-state index in [-0.39, 0.29) is 22.5 Å². The minimum Gasteiger partial charge on any atom is -0.369 e. The maximum Gasteiger partial charge on any atom is 0.471 e. The van der Waals surface area contributed by atoms with Gasteiger partial charge in [-0.05, 0) is 0 Å². The minimum absolute atomic E-state index is 0.0475. The van der Waals surface area contributed by atoms with E-state index in [1.165, 1.54) is 6.20 Å². The Labute approximate surface area is 120 Å². The number of nitrogens with zero attached hydrogens (tertiary/aromatic N) is 2. The number of anilines is 1. The lowest BCUT2D eigenvalue weighted by Gasteiger charge is -2.03. The highest BCUT2D eigenvalue weighted by molar-refractivity contribution is 5.84. The fourth-order valence-corrected chi connectivity index (χ4v) is 1.63. The second-order valence-electron chi connectivity index (χ2n) is 4.08. The Kier molecular flexibility index (Phi) is 3.68. The molecule has 2 aromatic rings. The number of aromatic amines is 1. The number of fused-ring (bicyclic) bond motifs is 1. The monoisotopic (exact) mass is 314 g/mol. The number of carbonyl (C=O) groups excluding carboxylic acids is 1. The van der Waals surface area contributed by atoms with Gasteiger partial charge in [0.2, 0.25) is 5.95 Å². The Bertz CT molecular complexity index is 855. The molecule has 11 heteroatoms. The van der Waals surface area contributed by atoms with Crippen LogP contribution in [0.3, 0.4) is 0 Å². The third-order valence-electron chi connectivity index (χ3n) is 2.52. The van der Waals surface area contributed by atoms with E-state index in [0.717, 1.165) is 4.68 Å². The molecule has 0 aliphatic carbocycles. The number of nitrogens with one attached hydrogen (secondary N) is 2. The van der Waals surface area contributed by atoms with Crippen molar-refractivity contribution in [3.8, 4) is 11.8 Å². The number of hydrogen-bond donors (Lipinski definition) is 4. The molecule has 0 radical (unpaired) electrons. The molecule has 0 fully saturated rings. The summed E-state index contributed by atoms with van der Waals surface area (Å²) in [6.45, 7) is -0.546. The number of nitrogen functional groups attached to an aromatic ring is 2. The molecule has 2 heterocycles. The van der Waals surface area contributed by atoms with E-state index in [1.807, 2.05) is 0 Å².